The SMILES string of the molecule is O=C(NC1CCCSC1)c1ccc(F)cc1. The molecule has 1 heterocycles. The first-order chi connectivity index (χ1) is 7.75. The fraction of sp³-hybridized carbons (Fsp3) is 0.417. The Morgan fingerprint density at radius 3 is 2.75 bits per heavy atom. The smallest absolute Gasteiger partial charge is 0.251 e. The number of thioether (sulfide) groups is 1. The summed E-state index contributed by atoms with van der Waals surface area (Å²) in [6.07, 6.45) is 2.19. The lowest BCUT2D eigenvalue weighted by Crippen LogP contribution is -2.38. The molecule has 0 aromatic heterocycles. The summed E-state index contributed by atoms with van der Waals surface area (Å²) in [5.41, 5.74) is 0.525. The highest BCUT2D eigenvalue weighted by Crippen LogP contribution is 2.17. The largest absolute Gasteiger partial charge is 0.348 e. The van der Waals surface area contributed by atoms with Crippen molar-refractivity contribution in [1.29, 1.82) is 0 Å². The number of nitrogens with one attached hydrogen (secondary N) is 1. The Morgan fingerprint density at radius 1 is 1.38 bits per heavy atom. The van der Waals surface area contributed by atoms with Gasteiger partial charge in [0.2, 0.25) is 0 Å². The van der Waals surface area contributed by atoms with Gasteiger partial charge in [-0.1, -0.05) is 0 Å². The quantitative estimate of drug-likeness (QED) is 0.859. The Kier molecular flexibility index (Phi) is 3.83. The molecule has 1 fully saturated rings. The molecule has 1 aliphatic heterocycles. The predicted octanol–water partition coefficient (Wildman–Crippen LogP) is 2.45. The van der Waals surface area contributed by atoms with E-state index in [-0.39, 0.29) is 17.8 Å². The van der Waals surface area contributed by atoms with Gasteiger partial charge in [0.25, 0.3) is 5.91 Å². The first-order valence-corrected chi connectivity index (χ1v) is 6.55. The van der Waals surface area contributed by atoms with Crippen LogP contribution in [0.15, 0.2) is 24.3 Å². The molecule has 0 bridgehead atoms. The van der Waals surface area contributed by atoms with Crippen LogP contribution in [0.25, 0.3) is 0 Å². The monoisotopic (exact) mass is 239 g/mol. The summed E-state index contributed by atoms with van der Waals surface area (Å²) in [4.78, 5) is 11.8. The van der Waals surface area contributed by atoms with Crippen LogP contribution < -0.4 is 5.32 Å². The average Bonchev–Trinajstić information content (AvgIpc) is 2.31. The van der Waals surface area contributed by atoms with Gasteiger partial charge in [0, 0.05) is 17.4 Å². The second kappa shape index (κ2) is 5.34. The molecule has 16 heavy (non-hydrogen) atoms. The van der Waals surface area contributed by atoms with Crippen molar-refractivity contribution in [3.05, 3.63) is 35.6 Å². The summed E-state index contributed by atoms with van der Waals surface area (Å²) in [7, 11) is 0. The van der Waals surface area contributed by atoms with Crippen LogP contribution in [0.1, 0.15) is 23.2 Å². The topological polar surface area (TPSA) is 29.1 Å². The summed E-state index contributed by atoms with van der Waals surface area (Å²) in [6, 6.07) is 5.91. The van der Waals surface area contributed by atoms with Crippen LogP contribution in [0.4, 0.5) is 4.39 Å². The number of halogens is 1. The number of benzene rings is 1. The third-order valence-electron chi connectivity index (χ3n) is 2.60. The van der Waals surface area contributed by atoms with Crippen LogP contribution in [-0.4, -0.2) is 23.5 Å². The van der Waals surface area contributed by atoms with E-state index in [9.17, 15) is 9.18 Å². The molecule has 1 aromatic rings. The van der Waals surface area contributed by atoms with E-state index in [1.165, 1.54) is 30.0 Å². The molecule has 2 rings (SSSR count). The van der Waals surface area contributed by atoms with Crippen LogP contribution in [0, 0.1) is 5.82 Å². The van der Waals surface area contributed by atoms with Gasteiger partial charge in [0.1, 0.15) is 5.82 Å². The van der Waals surface area contributed by atoms with Crippen LogP contribution >= 0.6 is 11.8 Å². The number of hydrogen-bond acceptors (Lipinski definition) is 2. The molecular formula is C12H14FNOS. The van der Waals surface area contributed by atoms with Crippen molar-refractivity contribution >= 4 is 17.7 Å². The molecular weight excluding hydrogens is 225 g/mol. The summed E-state index contributed by atoms with van der Waals surface area (Å²) >= 11 is 1.87. The minimum atomic E-state index is -0.315. The third-order valence-corrected chi connectivity index (χ3v) is 3.82. The maximum absolute atomic E-state index is 12.7. The molecule has 1 unspecified atom stereocenters. The molecule has 0 saturated carbocycles. The number of amides is 1. The average molecular weight is 239 g/mol. The van der Waals surface area contributed by atoms with Crippen molar-refractivity contribution in [2.45, 2.75) is 18.9 Å². The van der Waals surface area contributed by atoms with Crippen LogP contribution in [0.2, 0.25) is 0 Å². The second-order valence-electron chi connectivity index (χ2n) is 3.89. The van der Waals surface area contributed by atoms with E-state index < -0.39 is 0 Å². The van der Waals surface area contributed by atoms with Crippen molar-refractivity contribution < 1.29 is 9.18 Å². The molecule has 1 saturated heterocycles. The Balaban J connectivity index is 1.94. The fourth-order valence-corrected chi connectivity index (χ4v) is 2.80. The Bertz CT molecular complexity index is 360. The molecule has 1 N–H and O–H groups in total. The Labute approximate surface area is 98.6 Å². The van der Waals surface area contributed by atoms with Crippen LogP contribution in [-0.2, 0) is 0 Å². The Hall–Kier alpha value is -1.03. The van der Waals surface area contributed by atoms with E-state index >= 15 is 0 Å². The number of carbonyl (C=O) groups is 1. The first kappa shape index (κ1) is 11.5. The van der Waals surface area contributed by atoms with Gasteiger partial charge in [-0.3, -0.25) is 4.79 Å². The predicted molar refractivity (Wildman–Crippen MR) is 64.2 cm³/mol. The van der Waals surface area contributed by atoms with Crippen molar-refractivity contribution in [2.75, 3.05) is 11.5 Å². The van der Waals surface area contributed by atoms with E-state index in [2.05, 4.69) is 5.32 Å². The van der Waals surface area contributed by atoms with Gasteiger partial charge in [0.05, 0.1) is 0 Å². The summed E-state index contributed by atoms with van der Waals surface area (Å²) in [6.45, 7) is 0. The number of rotatable bonds is 2. The molecule has 1 aromatic carbocycles. The standard InChI is InChI=1S/C12H14FNOS/c13-10-5-3-9(4-6-10)12(15)14-11-2-1-7-16-8-11/h3-6,11H,1-2,7-8H2,(H,14,15). The molecule has 0 spiro atoms. The van der Waals surface area contributed by atoms with Crippen molar-refractivity contribution in [2.24, 2.45) is 0 Å². The highest BCUT2D eigenvalue weighted by molar-refractivity contribution is 7.99. The molecule has 4 heteroatoms. The highest BCUT2D eigenvalue weighted by atomic mass is 32.2. The lowest BCUT2D eigenvalue weighted by Gasteiger charge is -2.22. The van der Waals surface area contributed by atoms with Crippen molar-refractivity contribution in [1.82, 2.24) is 5.32 Å². The minimum Gasteiger partial charge on any atom is -0.348 e. The highest BCUT2D eigenvalue weighted by Gasteiger charge is 2.16. The van der Waals surface area contributed by atoms with Gasteiger partial charge in [-0.05, 0) is 42.9 Å². The molecule has 0 aliphatic carbocycles. The van der Waals surface area contributed by atoms with E-state index in [1.54, 1.807) is 0 Å². The molecule has 0 radical (unpaired) electrons. The van der Waals surface area contributed by atoms with Crippen molar-refractivity contribution in [3.8, 4) is 0 Å². The normalized spacial score (nSPS) is 20.4. The van der Waals surface area contributed by atoms with Gasteiger partial charge in [0.15, 0.2) is 0 Å². The van der Waals surface area contributed by atoms with Crippen molar-refractivity contribution in [3.63, 3.8) is 0 Å². The maximum atomic E-state index is 12.7. The lowest BCUT2D eigenvalue weighted by molar-refractivity contribution is 0.0938. The first-order valence-electron chi connectivity index (χ1n) is 5.40. The summed E-state index contributed by atoms with van der Waals surface area (Å²) in [5.74, 6) is 1.74. The van der Waals surface area contributed by atoms with Gasteiger partial charge in [-0.15, -0.1) is 0 Å². The zero-order valence-electron chi connectivity index (χ0n) is 8.91. The zero-order chi connectivity index (χ0) is 11.4. The van der Waals surface area contributed by atoms with Gasteiger partial charge >= 0.3 is 0 Å². The zero-order valence-corrected chi connectivity index (χ0v) is 9.73. The molecule has 1 atom stereocenters. The van der Waals surface area contributed by atoms with E-state index in [1.807, 2.05) is 11.8 Å². The molecule has 1 amide bonds. The molecule has 1 aliphatic rings. The summed E-state index contributed by atoms with van der Waals surface area (Å²) in [5, 5.41) is 2.97. The van der Waals surface area contributed by atoms with Crippen LogP contribution in [0.5, 0.6) is 0 Å². The summed E-state index contributed by atoms with van der Waals surface area (Å²) < 4.78 is 12.7. The number of carbonyl (C=O) groups excluding carboxylic acids is 1. The molecule has 86 valence electrons. The minimum absolute atomic E-state index is 0.104. The molecule has 2 nitrogen and oxygen atoms in total. The van der Waals surface area contributed by atoms with E-state index in [0.29, 0.717) is 5.56 Å². The van der Waals surface area contributed by atoms with Crippen LogP contribution in [0.3, 0.4) is 0 Å². The fourth-order valence-electron chi connectivity index (χ4n) is 1.72. The van der Waals surface area contributed by atoms with Gasteiger partial charge in [-0.25, -0.2) is 4.39 Å². The third kappa shape index (κ3) is 2.98. The van der Waals surface area contributed by atoms with E-state index in [4.69, 9.17) is 0 Å². The number of hydrogen-bond donors (Lipinski definition) is 1. The Morgan fingerprint density at radius 2 is 2.12 bits per heavy atom. The maximum Gasteiger partial charge on any atom is 0.251 e. The second-order valence-corrected chi connectivity index (χ2v) is 5.04. The van der Waals surface area contributed by atoms with E-state index in [0.717, 1.165) is 18.6 Å². The van der Waals surface area contributed by atoms with Gasteiger partial charge < -0.3 is 5.32 Å². The van der Waals surface area contributed by atoms with Gasteiger partial charge in [-0.2, -0.15) is 11.8 Å². The lowest BCUT2D eigenvalue weighted by atomic mass is 10.1.